The number of aryl methyl sites for hydroxylation is 1. The molecule has 1 N–H and O–H groups in total. The molecule has 12 heavy (non-hydrogen) atoms. The lowest BCUT2D eigenvalue weighted by molar-refractivity contribution is -0.105. The third-order valence-corrected chi connectivity index (χ3v) is 1.53. The van der Waals surface area contributed by atoms with Gasteiger partial charge in [0, 0.05) is 5.69 Å². The van der Waals surface area contributed by atoms with Gasteiger partial charge in [0.05, 0.1) is 0 Å². The number of nitrogens with zero attached hydrogens (tertiary/aromatic N) is 1. The normalized spacial score (nSPS) is 9.08. The molecule has 4 nitrogen and oxygen atoms in total. The average Bonchev–Trinajstić information content (AvgIpc) is 2.09. The lowest BCUT2D eigenvalue weighted by Crippen LogP contribution is -1.92. The Balaban J connectivity index is 3.04. The van der Waals surface area contributed by atoms with Crippen LogP contribution in [-0.4, -0.2) is 6.41 Å². The molecule has 0 aliphatic carbocycles. The topological polar surface area (TPSA) is 58.5 Å². The van der Waals surface area contributed by atoms with E-state index in [-0.39, 0.29) is 0 Å². The molecule has 0 atom stereocenters. The van der Waals surface area contributed by atoms with Crippen molar-refractivity contribution in [1.29, 1.82) is 0 Å². The second kappa shape index (κ2) is 3.61. The van der Waals surface area contributed by atoms with E-state index >= 15 is 0 Å². The zero-order valence-electron chi connectivity index (χ0n) is 6.57. The molecule has 0 radical (unpaired) electrons. The molecule has 0 unspecified atom stereocenters. The number of nitrogens with one attached hydrogen (secondary N) is 1. The van der Waals surface area contributed by atoms with E-state index in [0.717, 1.165) is 5.56 Å². The number of carbonyl (C=O) groups is 1. The van der Waals surface area contributed by atoms with Gasteiger partial charge in [0.15, 0.2) is 0 Å². The van der Waals surface area contributed by atoms with Gasteiger partial charge in [-0.2, -0.15) is 0 Å². The Bertz CT molecular complexity index is 310. The van der Waals surface area contributed by atoms with Crippen LogP contribution >= 0.6 is 0 Å². The Morgan fingerprint density at radius 3 is 2.83 bits per heavy atom. The van der Waals surface area contributed by atoms with Crippen molar-refractivity contribution in [1.82, 2.24) is 0 Å². The minimum atomic E-state index is 0.349. The number of anilines is 1. The molecule has 0 heterocycles. The SMILES string of the molecule is Cc1ccc(NC=O)cc1N=O. The predicted octanol–water partition coefficient (Wildman–Crippen LogP) is 1.96. The van der Waals surface area contributed by atoms with Crippen molar-refractivity contribution in [2.24, 2.45) is 5.18 Å². The lowest BCUT2D eigenvalue weighted by atomic mass is 10.2. The third kappa shape index (κ3) is 1.66. The Morgan fingerprint density at radius 1 is 1.50 bits per heavy atom. The maximum atomic E-state index is 10.2. The second-order valence-electron chi connectivity index (χ2n) is 2.35. The second-order valence-corrected chi connectivity index (χ2v) is 2.35. The molecule has 4 heteroatoms. The first kappa shape index (κ1) is 8.39. The minimum absolute atomic E-state index is 0.349. The summed E-state index contributed by atoms with van der Waals surface area (Å²) in [7, 11) is 0. The molecule has 0 spiro atoms. The highest BCUT2D eigenvalue weighted by atomic mass is 16.3. The predicted molar refractivity (Wildman–Crippen MR) is 46.3 cm³/mol. The van der Waals surface area contributed by atoms with Gasteiger partial charge in [-0.15, -0.1) is 4.91 Å². The van der Waals surface area contributed by atoms with Crippen LogP contribution in [0.1, 0.15) is 5.56 Å². The summed E-state index contributed by atoms with van der Waals surface area (Å²) in [6.45, 7) is 1.78. The van der Waals surface area contributed by atoms with E-state index in [2.05, 4.69) is 10.5 Å². The van der Waals surface area contributed by atoms with Gasteiger partial charge in [-0.1, -0.05) is 6.07 Å². The molecule has 0 saturated heterocycles. The van der Waals surface area contributed by atoms with Crippen molar-refractivity contribution in [2.45, 2.75) is 6.92 Å². The minimum Gasteiger partial charge on any atom is -0.329 e. The molecule has 0 fully saturated rings. The van der Waals surface area contributed by atoms with E-state index in [1.165, 1.54) is 6.07 Å². The first-order valence-electron chi connectivity index (χ1n) is 3.42. The highest BCUT2D eigenvalue weighted by molar-refractivity contribution is 5.73. The zero-order chi connectivity index (χ0) is 8.97. The summed E-state index contributed by atoms with van der Waals surface area (Å²) in [4.78, 5) is 20.3. The van der Waals surface area contributed by atoms with Gasteiger partial charge < -0.3 is 5.32 Å². The molecule has 1 amide bonds. The fourth-order valence-electron chi connectivity index (χ4n) is 0.866. The Labute approximate surface area is 69.6 Å². The van der Waals surface area contributed by atoms with Crippen LogP contribution in [0.2, 0.25) is 0 Å². The summed E-state index contributed by atoms with van der Waals surface area (Å²) in [6.07, 6.45) is 0.555. The maximum absolute atomic E-state index is 10.2. The van der Waals surface area contributed by atoms with E-state index in [4.69, 9.17) is 0 Å². The van der Waals surface area contributed by atoms with Gasteiger partial charge in [0.2, 0.25) is 6.41 Å². The van der Waals surface area contributed by atoms with Crippen LogP contribution in [0.25, 0.3) is 0 Å². The van der Waals surface area contributed by atoms with Crippen LogP contribution in [0.4, 0.5) is 11.4 Å². The largest absolute Gasteiger partial charge is 0.329 e. The quantitative estimate of drug-likeness (QED) is 0.548. The first-order chi connectivity index (χ1) is 5.77. The molecule has 1 rings (SSSR count). The van der Waals surface area contributed by atoms with E-state index < -0.39 is 0 Å². The monoisotopic (exact) mass is 164 g/mol. The van der Waals surface area contributed by atoms with Crippen LogP contribution in [0, 0.1) is 11.8 Å². The lowest BCUT2D eigenvalue weighted by Gasteiger charge is -2.00. The fourth-order valence-corrected chi connectivity index (χ4v) is 0.866. The number of amides is 1. The van der Waals surface area contributed by atoms with E-state index in [9.17, 15) is 9.70 Å². The van der Waals surface area contributed by atoms with Gasteiger partial charge in [0.25, 0.3) is 0 Å². The molecule has 1 aromatic rings. The standard InChI is InChI=1S/C8H8N2O2/c1-6-2-3-7(9-5-11)4-8(6)10-12/h2-5H,1H3,(H,9,11). The van der Waals surface area contributed by atoms with Crippen LogP contribution in [0.3, 0.4) is 0 Å². The number of benzene rings is 1. The van der Waals surface area contributed by atoms with Crippen LogP contribution < -0.4 is 5.32 Å². The van der Waals surface area contributed by atoms with Gasteiger partial charge in [-0.3, -0.25) is 4.79 Å². The summed E-state index contributed by atoms with van der Waals surface area (Å²) in [5.41, 5.74) is 1.72. The van der Waals surface area contributed by atoms with Gasteiger partial charge in [0.1, 0.15) is 5.69 Å². The summed E-state index contributed by atoms with van der Waals surface area (Å²) < 4.78 is 0. The number of carbonyl (C=O) groups excluding carboxylic acids is 1. The van der Waals surface area contributed by atoms with Crippen molar-refractivity contribution in [3.05, 3.63) is 28.7 Å². The average molecular weight is 164 g/mol. The molecule has 0 aliphatic rings. The highest BCUT2D eigenvalue weighted by Crippen LogP contribution is 2.21. The van der Waals surface area contributed by atoms with Gasteiger partial charge in [-0.25, -0.2) is 0 Å². The number of nitroso groups, excluding NO2 is 1. The summed E-state index contributed by atoms with van der Waals surface area (Å²) in [5.74, 6) is 0. The van der Waals surface area contributed by atoms with Crippen molar-refractivity contribution in [3.63, 3.8) is 0 Å². The number of hydrogen-bond acceptors (Lipinski definition) is 3. The maximum Gasteiger partial charge on any atom is 0.211 e. The van der Waals surface area contributed by atoms with Crippen LogP contribution in [0.15, 0.2) is 23.4 Å². The van der Waals surface area contributed by atoms with E-state index in [1.807, 2.05) is 0 Å². The molecule has 0 bridgehead atoms. The zero-order valence-corrected chi connectivity index (χ0v) is 6.57. The number of rotatable bonds is 3. The Kier molecular flexibility index (Phi) is 2.53. The van der Waals surface area contributed by atoms with Crippen molar-refractivity contribution in [2.75, 3.05) is 5.32 Å². The molecular weight excluding hydrogens is 156 g/mol. The summed E-state index contributed by atoms with van der Waals surface area (Å²) in [6, 6.07) is 4.96. The third-order valence-electron chi connectivity index (χ3n) is 1.53. The highest BCUT2D eigenvalue weighted by Gasteiger charge is 1.98. The molecule has 0 aliphatic heterocycles. The van der Waals surface area contributed by atoms with E-state index in [0.29, 0.717) is 17.8 Å². The molecule has 1 aromatic carbocycles. The molecule has 0 aromatic heterocycles. The number of hydrogen-bond donors (Lipinski definition) is 1. The smallest absolute Gasteiger partial charge is 0.211 e. The molecular formula is C8H8N2O2. The van der Waals surface area contributed by atoms with Gasteiger partial charge in [-0.05, 0) is 29.8 Å². The molecule has 62 valence electrons. The van der Waals surface area contributed by atoms with Crippen LogP contribution in [0.5, 0.6) is 0 Å². The Morgan fingerprint density at radius 2 is 2.25 bits per heavy atom. The summed E-state index contributed by atoms with van der Waals surface area (Å²) >= 11 is 0. The van der Waals surface area contributed by atoms with Crippen molar-refractivity contribution >= 4 is 17.8 Å². The van der Waals surface area contributed by atoms with Crippen LogP contribution in [-0.2, 0) is 4.79 Å². The van der Waals surface area contributed by atoms with Crippen molar-refractivity contribution < 1.29 is 4.79 Å². The fraction of sp³-hybridized carbons (Fsp3) is 0.125. The summed E-state index contributed by atoms with van der Waals surface area (Å²) in [5, 5.41) is 5.24. The first-order valence-corrected chi connectivity index (χ1v) is 3.42. The Hall–Kier alpha value is -1.71. The van der Waals surface area contributed by atoms with Gasteiger partial charge >= 0.3 is 0 Å². The molecule has 0 saturated carbocycles. The van der Waals surface area contributed by atoms with E-state index in [1.54, 1.807) is 19.1 Å². The van der Waals surface area contributed by atoms with Crippen molar-refractivity contribution in [3.8, 4) is 0 Å².